The minimum Gasteiger partial charge on any atom is -0.310 e. The number of nitrogens with zero attached hydrogens (tertiary/aromatic N) is 1. The normalized spacial score (nSPS) is 11.6. The lowest BCUT2D eigenvalue weighted by molar-refractivity contribution is 1.30. The molecule has 1 heterocycles. The summed E-state index contributed by atoms with van der Waals surface area (Å²) in [6.45, 7) is 0. The zero-order valence-electron chi connectivity index (χ0n) is 23.9. The smallest absolute Gasteiger partial charge is 0.0540 e. The third kappa shape index (κ3) is 4.00. The van der Waals surface area contributed by atoms with Gasteiger partial charge in [0.1, 0.15) is 0 Å². The first-order chi connectivity index (χ1) is 21.8. The molecule has 206 valence electrons. The van der Waals surface area contributed by atoms with Gasteiger partial charge in [0.05, 0.1) is 5.69 Å². The van der Waals surface area contributed by atoms with Crippen LogP contribution in [0.3, 0.4) is 0 Å². The summed E-state index contributed by atoms with van der Waals surface area (Å²) in [4.78, 5) is 2.44. The fourth-order valence-corrected chi connectivity index (χ4v) is 7.90. The van der Waals surface area contributed by atoms with Crippen molar-refractivity contribution in [1.82, 2.24) is 0 Å². The molecule has 0 radical (unpaired) electrons. The van der Waals surface area contributed by atoms with Gasteiger partial charge < -0.3 is 4.90 Å². The van der Waals surface area contributed by atoms with Crippen molar-refractivity contribution in [2.24, 2.45) is 0 Å². The molecule has 0 saturated carbocycles. The number of anilines is 3. The summed E-state index contributed by atoms with van der Waals surface area (Å²) in [6, 6.07) is 59.8. The monoisotopic (exact) mass is 577 g/mol. The summed E-state index contributed by atoms with van der Waals surface area (Å²) in [7, 11) is 0. The first-order valence-electron chi connectivity index (χ1n) is 15.0. The van der Waals surface area contributed by atoms with Crippen LogP contribution in [0.15, 0.2) is 164 Å². The minimum atomic E-state index is 1.14. The third-order valence-corrected chi connectivity index (χ3v) is 9.97. The largest absolute Gasteiger partial charge is 0.310 e. The second kappa shape index (κ2) is 10.1. The average molecular weight is 578 g/mol. The highest BCUT2D eigenvalue weighted by molar-refractivity contribution is 7.25. The van der Waals surface area contributed by atoms with Crippen molar-refractivity contribution in [2.75, 3.05) is 4.90 Å². The van der Waals surface area contributed by atoms with E-state index in [9.17, 15) is 0 Å². The van der Waals surface area contributed by atoms with Gasteiger partial charge in [0.2, 0.25) is 0 Å². The maximum Gasteiger partial charge on any atom is 0.0540 e. The van der Waals surface area contributed by atoms with Gasteiger partial charge in [-0.15, -0.1) is 11.3 Å². The van der Waals surface area contributed by atoms with Gasteiger partial charge in [-0.3, -0.25) is 0 Å². The molecule has 1 nitrogen and oxygen atoms in total. The van der Waals surface area contributed by atoms with Gasteiger partial charge >= 0.3 is 0 Å². The average Bonchev–Trinajstić information content (AvgIpc) is 3.47. The Bertz CT molecular complexity index is 2510. The Morgan fingerprint density at radius 3 is 1.84 bits per heavy atom. The zero-order chi connectivity index (χ0) is 29.0. The molecule has 9 rings (SSSR count). The molecule has 0 aliphatic heterocycles. The van der Waals surface area contributed by atoms with E-state index in [0.717, 1.165) is 17.1 Å². The number of rotatable bonds is 4. The molecule has 0 unspecified atom stereocenters. The number of thiophene rings is 1. The Morgan fingerprint density at radius 2 is 0.955 bits per heavy atom. The first kappa shape index (κ1) is 25.1. The van der Waals surface area contributed by atoms with Crippen molar-refractivity contribution in [3.8, 4) is 11.1 Å². The fourth-order valence-electron chi connectivity index (χ4n) is 6.76. The fraction of sp³-hybridized carbons (Fsp3) is 0. The zero-order valence-corrected chi connectivity index (χ0v) is 24.8. The molecule has 0 aliphatic carbocycles. The molecule has 1 aromatic heterocycles. The maximum atomic E-state index is 2.44. The van der Waals surface area contributed by atoms with E-state index in [1.54, 1.807) is 0 Å². The molecule has 44 heavy (non-hydrogen) atoms. The van der Waals surface area contributed by atoms with E-state index in [0.29, 0.717) is 0 Å². The Morgan fingerprint density at radius 1 is 0.364 bits per heavy atom. The molecule has 0 saturated heterocycles. The van der Waals surface area contributed by atoms with Crippen LogP contribution in [0, 0.1) is 0 Å². The van der Waals surface area contributed by atoms with Crippen molar-refractivity contribution in [2.45, 2.75) is 0 Å². The molecular formula is C42H27NS. The lowest BCUT2D eigenvalue weighted by Gasteiger charge is -2.28. The number of fused-ring (bicyclic) bond motifs is 8. The predicted molar refractivity (Wildman–Crippen MR) is 192 cm³/mol. The third-order valence-electron chi connectivity index (χ3n) is 8.84. The van der Waals surface area contributed by atoms with Crippen LogP contribution >= 0.6 is 11.3 Å². The summed E-state index contributed by atoms with van der Waals surface area (Å²) in [5.74, 6) is 0. The summed E-state index contributed by atoms with van der Waals surface area (Å²) < 4.78 is 2.61. The molecule has 8 aromatic carbocycles. The maximum absolute atomic E-state index is 2.44. The van der Waals surface area contributed by atoms with Crippen LogP contribution in [-0.2, 0) is 0 Å². The van der Waals surface area contributed by atoms with Crippen molar-refractivity contribution in [3.05, 3.63) is 164 Å². The lowest BCUT2D eigenvalue weighted by Crippen LogP contribution is -2.11. The van der Waals surface area contributed by atoms with Gasteiger partial charge in [0.15, 0.2) is 0 Å². The van der Waals surface area contributed by atoms with E-state index in [2.05, 4.69) is 169 Å². The SMILES string of the molecule is c1ccc(-c2ccccc2N(c2ccc3c(c2)sc2ccccc23)c2ccc3ccc4c5ccccc5ccc4c3c2)cc1. The molecule has 0 fully saturated rings. The highest BCUT2D eigenvalue weighted by Crippen LogP contribution is 2.45. The molecule has 0 bridgehead atoms. The standard InChI is InChI=1S/C42H27NS/c1-2-10-28(11-3-1)34-14-6-8-16-40(34)43(32-22-25-38-37-15-7-9-17-41(37)44-42(38)27-32)31-21-18-30-20-23-35-33-13-5-4-12-29(33)19-24-36(35)39(30)26-31/h1-27H. The Labute approximate surface area is 259 Å². The summed E-state index contributed by atoms with van der Waals surface area (Å²) in [5, 5.41) is 10.3. The molecule has 0 aliphatic rings. The Kier molecular flexibility index (Phi) is 5.75. The van der Waals surface area contributed by atoms with E-state index in [-0.39, 0.29) is 0 Å². The van der Waals surface area contributed by atoms with Gasteiger partial charge in [-0.1, -0.05) is 127 Å². The van der Waals surface area contributed by atoms with E-state index in [4.69, 9.17) is 0 Å². The van der Waals surface area contributed by atoms with Crippen molar-refractivity contribution < 1.29 is 0 Å². The topological polar surface area (TPSA) is 3.24 Å². The highest BCUT2D eigenvalue weighted by atomic mass is 32.1. The van der Waals surface area contributed by atoms with Crippen LogP contribution in [0.4, 0.5) is 17.1 Å². The minimum absolute atomic E-state index is 1.14. The van der Waals surface area contributed by atoms with Crippen molar-refractivity contribution in [3.63, 3.8) is 0 Å². The molecule has 9 aromatic rings. The lowest BCUT2D eigenvalue weighted by atomic mass is 9.96. The summed E-state index contributed by atoms with van der Waals surface area (Å²) in [6.07, 6.45) is 0. The molecule has 0 amide bonds. The van der Waals surface area contributed by atoms with Crippen LogP contribution in [0.25, 0.3) is 63.6 Å². The predicted octanol–water partition coefficient (Wildman–Crippen LogP) is 12.7. The van der Waals surface area contributed by atoms with Crippen molar-refractivity contribution in [1.29, 1.82) is 0 Å². The van der Waals surface area contributed by atoms with Gasteiger partial charge in [0, 0.05) is 37.1 Å². The number of para-hydroxylation sites is 1. The van der Waals surface area contributed by atoms with E-state index in [1.807, 2.05) is 11.3 Å². The van der Waals surface area contributed by atoms with Gasteiger partial charge in [-0.25, -0.2) is 0 Å². The molecular weight excluding hydrogens is 551 g/mol. The van der Waals surface area contributed by atoms with Crippen LogP contribution in [0.5, 0.6) is 0 Å². The molecule has 0 N–H and O–H groups in total. The Hall–Kier alpha value is -5.44. The summed E-state index contributed by atoms with van der Waals surface area (Å²) in [5.41, 5.74) is 5.85. The number of benzene rings is 8. The van der Waals surface area contributed by atoms with Crippen molar-refractivity contribution >= 4 is 80.9 Å². The molecule has 2 heteroatoms. The Balaban J connectivity index is 1.32. The molecule has 0 atom stereocenters. The van der Waals surface area contributed by atoms with Gasteiger partial charge in [0.25, 0.3) is 0 Å². The molecule has 0 spiro atoms. The van der Waals surface area contributed by atoms with E-state index >= 15 is 0 Å². The van der Waals surface area contributed by atoms with E-state index in [1.165, 1.54) is 63.6 Å². The number of hydrogen-bond donors (Lipinski definition) is 0. The van der Waals surface area contributed by atoms with Gasteiger partial charge in [-0.2, -0.15) is 0 Å². The van der Waals surface area contributed by atoms with Crippen LogP contribution in [0.1, 0.15) is 0 Å². The van der Waals surface area contributed by atoms with Gasteiger partial charge in [-0.05, 0) is 74.3 Å². The second-order valence-electron chi connectivity index (χ2n) is 11.4. The van der Waals surface area contributed by atoms with Crippen LogP contribution in [-0.4, -0.2) is 0 Å². The summed E-state index contributed by atoms with van der Waals surface area (Å²) >= 11 is 1.86. The first-order valence-corrected chi connectivity index (χ1v) is 15.8. The van der Waals surface area contributed by atoms with E-state index < -0.39 is 0 Å². The van der Waals surface area contributed by atoms with Crippen LogP contribution < -0.4 is 4.90 Å². The van der Waals surface area contributed by atoms with Crippen LogP contribution in [0.2, 0.25) is 0 Å². The highest BCUT2D eigenvalue weighted by Gasteiger charge is 2.19. The second-order valence-corrected chi connectivity index (χ2v) is 12.4. The number of hydrogen-bond acceptors (Lipinski definition) is 2. The quantitative estimate of drug-likeness (QED) is 0.188.